The summed E-state index contributed by atoms with van der Waals surface area (Å²) >= 11 is 2.83. The highest BCUT2D eigenvalue weighted by molar-refractivity contribution is 8.00. The van der Waals surface area contributed by atoms with Gasteiger partial charge in [0.25, 0.3) is 0 Å². The third-order valence-electron chi connectivity index (χ3n) is 3.32. The number of hydrogen-bond acceptors (Lipinski definition) is 8. The van der Waals surface area contributed by atoms with Crippen LogP contribution in [0, 0.1) is 6.92 Å². The van der Waals surface area contributed by atoms with E-state index >= 15 is 0 Å². The lowest BCUT2D eigenvalue weighted by Gasteiger charge is -2.07. The maximum absolute atomic E-state index is 12.4. The van der Waals surface area contributed by atoms with Crippen molar-refractivity contribution in [3.63, 3.8) is 0 Å². The van der Waals surface area contributed by atoms with Gasteiger partial charge < -0.3 is 10.5 Å². The third kappa shape index (κ3) is 4.46. The number of aromatic nitrogens is 3. The van der Waals surface area contributed by atoms with Gasteiger partial charge in [-0.1, -0.05) is 11.8 Å². The number of nitrogens with zero attached hydrogens (tertiary/aromatic N) is 3. The Balaban J connectivity index is 0.00000225. The molecule has 0 radical (unpaired) electrons. The number of pyridine rings is 1. The number of Topliss-reactive ketones (excluding diaryl/α,β-unsaturated/α-hetero) is 1. The van der Waals surface area contributed by atoms with E-state index < -0.39 is 0 Å². The number of thiophene rings is 1. The number of methoxy groups -OCH3 is 1. The number of hydrogen-bond donors (Lipinski definition) is 1. The van der Waals surface area contributed by atoms with Crippen LogP contribution in [0.5, 0.6) is 5.88 Å². The molecule has 0 aliphatic rings. The summed E-state index contributed by atoms with van der Waals surface area (Å²) in [5, 5.41) is 1.58. The van der Waals surface area contributed by atoms with E-state index in [1.165, 1.54) is 23.1 Å². The Morgan fingerprint density at radius 1 is 1.36 bits per heavy atom. The molecule has 0 fully saturated rings. The first-order valence-corrected chi connectivity index (χ1v) is 9.04. The number of ketones is 1. The number of halogens is 1. The number of rotatable bonds is 6. The van der Waals surface area contributed by atoms with Gasteiger partial charge in [0, 0.05) is 22.9 Å². The van der Waals surface area contributed by atoms with Crippen LogP contribution in [0.3, 0.4) is 0 Å². The highest BCUT2D eigenvalue weighted by atomic mass is 35.5. The third-order valence-corrected chi connectivity index (χ3v) is 5.46. The van der Waals surface area contributed by atoms with Gasteiger partial charge in [0.15, 0.2) is 5.78 Å². The van der Waals surface area contributed by atoms with Gasteiger partial charge in [-0.2, -0.15) is 0 Å². The molecule has 3 rings (SSSR count). The molecule has 132 valence electrons. The average molecular weight is 397 g/mol. The summed E-state index contributed by atoms with van der Waals surface area (Å²) in [6.45, 7) is 2.27. The minimum atomic E-state index is 0. The van der Waals surface area contributed by atoms with Crippen LogP contribution in [-0.4, -0.2) is 33.6 Å². The van der Waals surface area contributed by atoms with Crippen LogP contribution in [0.15, 0.2) is 29.4 Å². The Hall–Kier alpha value is -1.74. The van der Waals surface area contributed by atoms with Crippen molar-refractivity contribution < 1.29 is 9.53 Å². The van der Waals surface area contributed by atoms with Gasteiger partial charge in [-0.05, 0) is 19.1 Å². The number of aryl methyl sites for hydroxylation is 1. The van der Waals surface area contributed by atoms with Crippen LogP contribution in [0.2, 0.25) is 0 Å². The summed E-state index contributed by atoms with van der Waals surface area (Å²) in [7, 11) is 1.56. The summed E-state index contributed by atoms with van der Waals surface area (Å²) in [6.07, 6.45) is 1.65. The topological polar surface area (TPSA) is 91.0 Å². The van der Waals surface area contributed by atoms with Crippen molar-refractivity contribution in [2.75, 3.05) is 12.9 Å². The molecular formula is C16H17ClN4O2S2. The first-order chi connectivity index (χ1) is 11.6. The highest BCUT2D eigenvalue weighted by Gasteiger charge is 2.13. The Morgan fingerprint density at radius 2 is 2.16 bits per heavy atom. The Kier molecular flexibility index (Phi) is 6.71. The van der Waals surface area contributed by atoms with Gasteiger partial charge in [-0.15, -0.1) is 23.7 Å². The van der Waals surface area contributed by atoms with Crippen molar-refractivity contribution in [2.45, 2.75) is 18.5 Å². The van der Waals surface area contributed by atoms with E-state index in [0.29, 0.717) is 24.0 Å². The normalized spacial score (nSPS) is 10.5. The van der Waals surface area contributed by atoms with Crippen molar-refractivity contribution >= 4 is 52.2 Å². The number of carbonyl (C=O) groups excluding carboxylic acids is 1. The second kappa shape index (κ2) is 8.57. The van der Waals surface area contributed by atoms with Crippen molar-refractivity contribution in [1.82, 2.24) is 15.0 Å². The maximum atomic E-state index is 12.4. The van der Waals surface area contributed by atoms with Crippen molar-refractivity contribution in [1.29, 1.82) is 0 Å². The van der Waals surface area contributed by atoms with Crippen LogP contribution in [0.25, 0.3) is 10.9 Å². The molecule has 3 aromatic heterocycles. The zero-order chi connectivity index (χ0) is 17.1. The maximum Gasteiger partial charge on any atom is 0.213 e. The molecule has 2 N–H and O–H groups in total. The first kappa shape index (κ1) is 19.6. The molecule has 25 heavy (non-hydrogen) atoms. The van der Waals surface area contributed by atoms with E-state index in [1.54, 1.807) is 19.4 Å². The number of nitrogens with two attached hydrogens (primary N) is 1. The predicted octanol–water partition coefficient (Wildman–Crippen LogP) is 3.26. The molecule has 0 amide bonds. The fourth-order valence-corrected chi connectivity index (χ4v) is 4.01. The fourth-order valence-electron chi connectivity index (χ4n) is 2.16. The number of carbonyl (C=O) groups is 1. The molecule has 3 heterocycles. The van der Waals surface area contributed by atoms with Gasteiger partial charge in [-0.3, -0.25) is 4.79 Å². The molecule has 0 spiro atoms. The number of ether oxygens (including phenoxy) is 1. The molecule has 0 aliphatic heterocycles. The van der Waals surface area contributed by atoms with Gasteiger partial charge in [0.05, 0.1) is 29.5 Å². The molecule has 9 heteroatoms. The van der Waals surface area contributed by atoms with Crippen molar-refractivity contribution in [2.24, 2.45) is 5.73 Å². The average Bonchev–Trinajstić information content (AvgIpc) is 3.08. The molecule has 0 saturated heterocycles. The molecule has 0 saturated carbocycles. The zero-order valence-corrected chi connectivity index (χ0v) is 16.1. The summed E-state index contributed by atoms with van der Waals surface area (Å²) in [6, 6.07) is 5.51. The van der Waals surface area contributed by atoms with Crippen LogP contribution < -0.4 is 10.5 Å². The molecule has 0 bridgehead atoms. The van der Waals surface area contributed by atoms with E-state index in [1.807, 2.05) is 19.1 Å². The zero-order valence-electron chi connectivity index (χ0n) is 13.7. The summed E-state index contributed by atoms with van der Waals surface area (Å²) in [5.74, 6) is 1.51. The second-order valence-corrected chi connectivity index (χ2v) is 7.13. The quantitative estimate of drug-likeness (QED) is 0.388. The first-order valence-electron chi connectivity index (χ1n) is 7.24. The van der Waals surface area contributed by atoms with Gasteiger partial charge in [-0.25, -0.2) is 15.0 Å². The van der Waals surface area contributed by atoms with Gasteiger partial charge >= 0.3 is 0 Å². The van der Waals surface area contributed by atoms with E-state index in [4.69, 9.17) is 10.5 Å². The van der Waals surface area contributed by atoms with E-state index in [0.717, 1.165) is 25.7 Å². The summed E-state index contributed by atoms with van der Waals surface area (Å²) < 4.78 is 5.16. The monoisotopic (exact) mass is 396 g/mol. The molecular weight excluding hydrogens is 380 g/mol. The predicted molar refractivity (Wildman–Crippen MR) is 103 cm³/mol. The summed E-state index contributed by atoms with van der Waals surface area (Å²) in [5.41, 5.74) is 6.33. The summed E-state index contributed by atoms with van der Waals surface area (Å²) in [4.78, 5) is 27.1. The van der Waals surface area contributed by atoms with Crippen LogP contribution >= 0.6 is 35.5 Å². The van der Waals surface area contributed by atoms with E-state index in [9.17, 15) is 4.79 Å². The molecule has 0 unspecified atom stereocenters. The molecule has 0 atom stereocenters. The Morgan fingerprint density at radius 3 is 2.84 bits per heavy atom. The van der Waals surface area contributed by atoms with Gasteiger partial charge in [0.2, 0.25) is 5.88 Å². The van der Waals surface area contributed by atoms with Crippen molar-refractivity contribution in [3.05, 3.63) is 40.0 Å². The van der Waals surface area contributed by atoms with Crippen LogP contribution in [0.1, 0.15) is 20.4 Å². The standard InChI is InChI=1S/C16H16N4O2S2.ClH/c1-9-19-12-7-18-15(22-2)5-11(12)16(20-9)23-8-13(21)14-4-3-10(6-17)24-14;/h3-5,7H,6,8,17H2,1-2H3;1H. The Bertz CT molecular complexity index is 901. The lowest BCUT2D eigenvalue weighted by atomic mass is 10.3. The van der Waals surface area contributed by atoms with Gasteiger partial charge in [0.1, 0.15) is 10.9 Å². The SMILES string of the molecule is COc1cc2c(SCC(=O)c3ccc(CN)s3)nc(C)nc2cn1.Cl. The minimum Gasteiger partial charge on any atom is -0.481 e. The molecule has 6 nitrogen and oxygen atoms in total. The number of thioether (sulfide) groups is 1. The highest BCUT2D eigenvalue weighted by Crippen LogP contribution is 2.28. The largest absolute Gasteiger partial charge is 0.481 e. The smallest absolute Gasteiger partial charge is 0.213 e. The lowest BCUT2D eigenvalue weighted by molar-refractivity contribution is 0.102. The van der Waals surface area contributed by atoms with E-state index in [-0.39, 0.29) is 18.2 Å². The Labute approximate surface area is 159 Å². The second-order valence-electron chi connectivity index (χ2n) is 5.00. The minimum absolute atomic E-state index is 0. The molecule has 0 aromatic carbocycles. The molecule has 0 aliphatic carbocycles. The molecule has 3 aromatic rings. The lowest BCUT2D eigenvalue weighted by Crippen LogP contribution is -2.01. The van der Waals surface area contributed by atoms with Crippen molar-refractivity contribution in [3.8, 4) is 5.88 Å². The fraction of sp³-hybridized carbons (Fsp3) is 0.250. The van der Waals surface area contributed by atoms with Crippen LogP contribution in [0.4, 0.5) is 0 Å². The van der Waals surface area contributed by atoms with Crippen LogP contribution in [-0.2, 0) is 6.54 Å². The number of fused-ring (bicyclic) bond motifs is 1. The van der Waals surface area contributed by atoms with E-state index in [2.05, 4.69) is 15.0 Å².